The van der Waals surface area contributed by atoms with Crippen molar-refractivity contribution in [2.45, 2.75) is 45.6 Å². The van der Waals surface area contributed by atoms with Gasteiger partial charge in [0.25, 0.3) is 0 Å². The Morgan fingerprint density at radius 3 is 2.80 bits per heavy atom. The highest BCUT2D eigenvalue weighted by Gasteiger charge is 2.27. The summed E-state index contributed by atoms with van der Waals surface area (Å²) in [7, 11) is 1.35. The number of rotatable bonds is 4. The summed E-state index contributed by atoms with van der Waals surface area (Å²) in [6.07, 6.45) is 8.03. The van der Waals surface area contributed by atoms with E-state index in [9.17, 15) is 4.79 Å². The zero-order chi connectivity index (χ0) is 14.5. The molecule has 1 N–H and O–H groups in total. The van der Waals surface area contributed by atoms with Gasteiger partial charge in [-0.15, -0.1) is 0 Å². The van der Waals surface area contributed by atoms with Gasteiger partial charge in [0.15, 0.2) is 5.69 Å². The molecule has 1 fully saturated rings. The fourth-order valence-corrected chi connectivity index (χ4v) is 2.97. The Bertz CT molecular complexity index is 462. The van der Waals surface area contributed by atoms with E-state index in [2.05, 4.69) is 33.9 Å². The van der Waals surface area contributed by atoms with Gasteiger partial charge in [-0.1, -0.05) is 26.7 Å². The monoisotopic (exact) mass is 277 g/mol. The maximum absolute atomic E-state index is 11.5. The zero-order valence-electron chi connectivity index (χ0n) is 12.4. The molecule has 1 saturated carbocycles. The average molecular weight is 277 g/mol. The second-order valence-electron chi connectivity index (χ2n) is 5.72. The Morgan fingerprint density at radius 1 is 1.35 bits per heavy atom. The Balaban J connectivity index is 2.10. The number of nitrogens with one attached hydrogen (secondary N) is 1. The van der Waals surface area contributed by atoms with Gasteiger partial charge in [0.1, 0.15) is 5.82 Å². The maximum atomic E-state index is 11.5. The third-order valence-corrected chi connectivity index (χ3v) is 4.04. The normalized spacial score (nSPS) is 22.6. The number of hydrogen-bond acceptors (Lipinski definition) is 5. The minimum absolute atomic E-state index is 0.245. The van der Waals surface area contributed by atoms with Gasteiger partial charge >= 0.3 is 5.97 Å². The molecule has 2 atom stereocenters. The molecule has 0 saturated heterocycles. The first-order valence-corrected chi connectivity index (χ1v) is 7.28. The first-order valence-electron chi connectivity index (χ1n) is 7.28. The van der Waals surface area contributed by atoms with Crippen molar-refractivity contribution in [2.24, 2.45) is 11.8 Å². The minimum atomic E-state index is -0.454. The van der Waals surface area contributed by atoms with Gasteiger partial charge in [-0.05, 0) is 24.7 Å². The van der Waals surface area contributed by atoms with Crippen molar-refractivity contribution in [3.63, 3.8) is 0 Å². The summed E-state index contributed by atoms with van der Waals surface area (Å²) in [4.78, 5) is 19.8. The summed E-state index contributed by atoms with van der Waals surface area (Å²) in [5.41, 5.74) is 0.245. The van der Waals surface area contributed by atoms with Crippen LogP contribution in [0.4, 0.5) is 5.82 Å². The molecule has 20 heavy (non-hydrogen) atoms. The summed E-state index contributed by atoms with van der Waals surface area (Å²) in [5.74, 6) is 1.49. The molecule has 0 aromatic carbocycles. The molecule has 1 aliphatic carbocycles. The highest BCUT2D eigenvalue weighted by Crippen LogP contribution is 2.31. The van der Waals surface area contributed by atoms with E-state index in [0.717, 1.165) is 6.42 Å². The molecule has 5 heteroatoms. The van der Waals surface area contributed by atoms with Gasteiger partial charge in [-0.2, -0.15) is 0 Å². The maximum Gasteiger partial charge on any atom is 0.358 e. The van der Waals surface area contributed by atoms with Crippen LogP contribution in [-0.2, 0) is 4.74 Å². The van der Waals surface area contributed by atoms with E-state index in [1.54, 1.807) is 6.20 Å². The van der Waals surface area contributed by atoms with Gasteiger partial charge in [0, 0.05) is 6.04 Å². The van der Waals surface area contributed by atoms with Crippen LogP contribution in [0.1, 0.15) is 50.0 Å². The molecule has 0 spiro atoms. The predicted molar refractivity (Wildman–Crippen MR) is 77.6 cm³/mol. The van der Waals surface area contributed by atoms with Crippen LogP contribution in [0, 0.1) is 11.8 Å². The predicted octanol–water partition coefficient (Wildman–Crippen LogP) is 2.89. The van der Waals surface area contributed by atoms with Gasteiger partial charge < -0.3 is 10.1 Å². The van der Waals surface area contributed by atoms with Gasteiger partial charge in [-0.3, -0.25) is 4.98 Å². The van der Waals surface area contributed by atoms with Crippen molar-refractivity contribution in [1.29, 1.82) is 0 Å². The lowest BCUT2D eigenvalue weighted by Crippen LogP contribution is -2.35. The molecule has 5 nitrogen and oxygen atoms in total. The Labute approximate surface area is 120 Å². The Morgan fingerprint density at radius 2 is 2.10 bits per heavy atom. The van der Waals surface area contributed by atoms with Gasteiger partial charge in [0.05, 0.1) is 19.5 Å². The van der Waals surface area contributed by atoms with Crippen LogP contribution in [0.25, 0.3) is 0 Å². The van der Waals surface area contributed by atoms with E-state index >= 15 is 0 Å². The van der Waals surface area contributed by atoms with Crippen molar-refractivity contribution < 1.29 is 9.53 Å². The highest BCUT2D eigenvalue weighted by atomic mass is 16.5. The molecule has 1 aromatic rings. The molecular weight excluding hydrogens is 254 g/mol. The molecule has 110 valence electrons. The van der Waals surface area contributed by atoms with Crippen molar-refractivity contribution in [3.8, 4) is 0 Å². The SMILES string of the molecule is COC(=O)c1cncc(NC2CCCCC2C(C)C)n1. The first kappa shape index (κ1) is 14.8. The third-order valence-electron chi connectivity index (χ3n) is 4.04. The topological polar surface area (TPSA) is 64.1 Å². The number of nitrogens with zero attached hydrogens (tertiary/aromatic N) is 2. The van der Waals surface area contributed by atoms with Gasteiger partial charge in [0.2, 0.25) is 0 Å². The van der Waals surface area contributed by atoms with Crippen molar-refractivity contribution in [2.75, 3.05) is 12.4 Å². The minimum Gasteiger partial charge on any atom is -0.464 e. The molecule has 0 aliphatic heterocycles. The zero-order valence-corrected chi connectivity index (χ0v) is 12.4. The van der Waals surface area contributed by atoms with Crippen LogP contribution in [0.5, 0.6) is 0 Å². The molecule has 0 radical (unpaired) electrons. The third kappa shape index (κ3) is 3.46. The summed E-state index contributed by atoms with van der Waals surface area (Å²) >= 11 is 0. The van der Waals surface area contributed by atoms with Crippen LogP contribution in [-0.4, -0.2) is 29.1 Å². The standard InChI is InChI=1S/C15H23N3O2/c1-10(2)11-6-4-5-7-12(11)17-14-9-16-8-13(18-14)15(19)20-3/h8-12H,4-7H2,1-3H3,(H,17,18). The molecule has 1 heterocycles. The second-order valence-corrected chi connectivity index (χ2v) is 5.72. The number of ether oxygens (including phenoxy) is 1. The molecule has 0 amide bonds. The highest BCUT2D eigenvalue weighted by molar-refractivity contribution is 5.87. The van der Waals surface area contributed by atoms with Crippen LogP contribution < -0.4 is 5.32 Å². The molecule has 1 aliphatic rings. The average Bonchev–Trinajstić information content (AvgIpc) is 2.47. The van der Waals surface area contributed by atoms with E-state index in [1.165, 1.54) is 32.6 Å². The Hall–Kier alpha value is -1.65. The summed E-state index contributed by atoms with van der Waals surface area (Å²) in [6, 6.07) is 0.408. The quantitative estimate of drug-likeness (QED) is 0.857. The van der Waals surface area contributed by atoms with Gasteiger partial charge in [-0.25, -0.2) is 9.78 Å². The molecule has 1 aromatic heterocycles. The van der Waals surface area contributed by atoms with Crippen LogP contribution in [0.2, 0.25) is 0 Å². The summed E-state index contributed by atoms with van der Waals surface area (Å²) < 4.78 is 4.67. The second kappa shape index (κ2) is 6.68. The van der Waals surface area contributed by atoms with E-state index in [4.69, 9.17) is 0 Å². The lowest BCUT2D eigenvalue weighted by atomic mass is 9.78. The Kier molecular flexibility index (Phi) is 4.93. The summed E-state index contributed by atoms with van der Waals surface area (Å²) in [6.45, 7) is 4.53. The van der Waals surface area contributed by atoms with E-state index in [1.807, 2.05) is 0 Å². The smallest absolute Gasteiger partial charge is 0.358 e. The fraction of sp³-hybridized carbons (Fsp3) is 0.667. The lowest BCUT2D eigenvalue weighted by molar-refractivity contribution is 0.0593. The van der Waals surface area contributed by atoms with Crippen molar-refractivity contribution >= 4 is 11.8 Å². The molecule has 2 rings (SSSR count). The molecular formula is C15H23N3O2. The largest absolute Gasteiger partial charge is 0.464 e. The lowest BCUT2D eigenvalue weighted by Gasteiger charge is -2.35. The number of carbonyl (C=O) groups excluding carboxylic acids is 1. The van der Waals surface area contributed by atoms with E-state index in [-0.39, 0.29) is 5.69 Å². The van der Waals surface area contributed by atoms with Crippen molar-refractivity contribution in [3.05, 3.63) is 18.1 Å². The van der Waals surface area contributed by atoms with E-state index in [0.29, 0.717) is 23.7 Å². The van der Waals surface area contributed by atoms with Crippen LogP contribution in [0.3, 0.4) is 0 Å². The number of esters is 1. The van der Waals surface area contributed by atoms with Crippen molar-refractivity contribution in [1.82, 2.24) is 9.97 Å². The molecule has 0 bridgehead atoms. The first-order chi connectivity index (χ1) is 9.61. The number of carbonyl (C=O) groups is 1. The fourth-order valence-electron chi connectivity index (χ4n) is 2.97. The molecule has 2 unspecified atom stereocenters. The number of anilines is 1. The van der Waals surface area contributed by atoms with Crippen LogP contribution >= 0.6 is 0 Å². The van der Waals surface area contributed by atoms with Crippen LogP contribution in [0.15, 0.2) is 12.4 Å². The summed E-state index contributed by atoms with van der Waals surface area (Å²) in [5, 5.41) is 3.45. The number of methoxy groups -OCH3 is 1. The number of hydrogen-bond donors (Lipinski definition) is 1. The van der Waals surface area contributed by atoms with E-state index < -0.39 is 5.97 Å². The number of aromatic nitrogens is 2.